The van der Waals surface area contributed by atoms with Crippen LogP contribution in [0.3, 0.4) is 0 Å². The highest BCUT2D eigenvalue weighted by Gasteiger charge is 2.24. The summed E-state index contributed by atoms with van der Waals surface area (Å²) in [4.78, 5) is 32.1. The molecule has 0 saturated heterocycles. The predicted molar refractivity (Wildman–Crippen MR) is 98.3 cm³/mol. The van der Waals surface area contributed by atoms with Gasteiger partial charge in [0.05, 0.1) is 17.2 Å². The number of esters is 1. The summed E-state index contributed by atoms with van der Waals surface area (Å²) in [6.07, 6.45) is 3.02. The smallest absolute Gasteiger partial charge is 0.350 e. The van der Waals surface area contributed by atoms with E-state index in [1.54, 1.807) is 18.7 Å². The van der Waals surface area contributed by atoms with Crippen LogP contribution in [0.25, 0.3) is 0 Å². The molecule has 2 rings (SSSR count). The summed E-state index contributed by atoms with van der Waals surface area (Å²) in [5.41, 5.74) is 0.605. The van der Waals surface area contributed by atoms with Crippen LogP contribution in [0.5, 0.6) is 0 Å². The number of amides is 1. The SMILES string of the molecule is CCCCCN(C(=O)c1cccs1)c1nc(C)c(C(=O)OCC)s1. The van der Waals surface area contributed by atoms with Gasteiger partial charge in [0.25, 0.3) is 5.91 Å². The molecule has 7 heteroatoms. The lowest BCUT2D eigenvalue weighted by Gasteiger charge is -2.19. The minimum Gasteiger partial charge on any atom is -0.462 e. The third-order valence-corrected chi connectivity index (χ3v) is 5.46. The average Bonchev–Trinajstić information content (AvgIpc) is 3.21. The van der Waals surface area contributed by atoms with Crippen molar-refractivity contribution in [2.75, 3.05) is 18.1 Å². The highest BCUT2D eigenvalue weighted by Crippen LogP contribution is 2.29. The van der Waals surface area contributed by atoms with Crippen molar-refractivity contribution >= 4 is 39.7 Å². The first kappa shape index (κ1) is 18.6. The number of unbranched alkanes of at least 4 members (excludes halogenated alkanes) is 2. The highest BCUT2D eigenvalue weighted by molar-refractivity contribution is 7.18. The molecule has 1 amide bonds. The first-order chi connectivity index (χ1) is 11.6. The fraction of sp³-hybridized carbons (Fsp3) is 0.471. The summed E-state index contributed by atoms with van der Waals surface area (Å²) in [6, 6.07) is 3.67. The zero-order valence-corrected chi connectivity index (χ0v) is 15.8. The maximum atomic E-state index is 12.8. The number of thiazole rings is 1. The summed E-state index contributed by atoms with van der Waals surface area (Å²) in [5.74, 6) is -0.443. The molecule has 0 fully saturated rings. The number of hydrogen-bond acceptors (Lipinski definition) is 6. The van der Waals surface area contributed by atoms with Gasteiger partial charge < -0.3 is 4.74 Å². The number of rotatable bonds is 8. The number of hydrogen-bond donors (Lipinski definition) is 0. The lowest BCUT2D eigenvalue weighted by Crippen LogP contribution is -2.31. The minimum atomic E-state index is -0.379. The van der Waals surface area contributed by atoms with E-state index in [-0.39, 0.29) is 11.9 Å². The van der Waals surface area contributed by atoms with Crippen molar-refractivity contribution in [3.63, 3.8) is 0 Å². The van der Waals surface area contributed by atoms with Gasteiger partial charge in [-0.05, 0) is 31.7 Å². The molecule has 2 aromatic rings. The van der Waals surface area contributed by atoms with Crippen LogP contribution in [0.1, 0.15) is 58.1 Å². The Morgan fingerprint density at radius 1 is 1.29 bits per heavy atom. The maximum absolute atomic E-state index is 12.8. The van der Waals surface area contributed by atoms with Gasteiger partial charge in [0.2, 0.25) is 0 Å². The van der Waals surface area contributed by atoms with Crippen LogP contribution in [0.15, 0.2) is 17.5 Å². The van der Waals surface area contributed by atoms with Gasteiger partial charge in [0.1, 0.15) is 4.88 Å². The van der Waals surface area contributed by atoms with E-state index in [4.69, 9.17) is 4.74 Å². The van der Waals surface area contributed by atoms with Crippen LogP contribution >= 0.6 is 22.7 Å². The third-order valence-electron chi connectivity index (χ3n) is 3.44. The molecule has 0 aromatic carbocycles. The Morgan fingerprint density at radius 2 is 2.08 bits per heavy atom. The van der Waals surface area contributed by atoms with E-state index >= 15 is 0 Å². The topological polar surface area (TPSA) is 59.5 Å². The summed E-state index contributed by atoms with van der Waals surface area (Å²) in [7, 11) is 0. The Labute approximate surface area is 150 Å². The molecule has 130 valence electrons. The van der Waals surface area contributed by atoms with Gasteiger partial charge in [-0.3, -0.25) is 9.69 Å². The number of aryl methyl sites for hydroxylation is 1. The molecule has 0 aliphatic carbocycles. The lowest BCUT2D eigenvalue weighted by molar-refractivity contribution is 0.0531. The molecule has 0 aliphatic rings. The normalized spacial score (nSPS) is 10.6. The molecule has 2 aromatic heterocycles. The van der Waals surface area contributed by atoms with Crippen LogP contribution in [0.4, 0.5) is 5.13 Å². The molecule has 0 spiro atoms. The molecule has 0 bridgehead atoms. The lowest BCUT2D eigenvalue weighted by atomic mass is 10.2. The zero-order chi connectivity index (χ0) is 17.5. The average molecular weight is 367 g/mol. The van der Waals surface area contributed by atoms with Gasteiger partial charge in [-0.15, -0.1) is 11.3 Å². The van der Waals surface area contributed by atoms with Gasteiger partial charge in [-0.25, -0.2) is 9.78 Å². The molecule has 24 heavy (non-hydrogen) atoms. The van der Waals surface area contributed by atoms with E-state index in [0.29, 0.717) is 33.7 Å². The number of anilines is 1. The van der Waals surface area contributed by atoms with Crippen LogP contribution < -0.4 is 4.90 Å². The molecule has 0 aliphatic heterocycles. The monoisotopic (exact) mass is 366 g/mol. The Hall–Kier alpha value is -1.73. The van der Waals surface area contributed by atoms with E-state index in [1.165, 1.54) is 22.7 Å². The predicted octanol–water partition coefficient (Wildman–Crippen LogP) is 4.53. The Bertz CT molecular complexity index is 680. The van der Waals surface area contributed by atoms with Gasteiger partial charge >= 0.3 is 5.97 Å². The maximum Gasteiger partial charge on any atom is 0.350 e. The van der Waals surface area contributed by atoms with E-state index < -0.39 is 0 Å². The molecule has 0 saturated carbocycles. The number of ether oxygens (including phenoxy) is 1. The summed E-state index contributed by atoms with van der Waals surface area (Å²) >= 11 is 2.64. The van der Waals surface area contributed by atoms with Crippen molar-refractivity contribution in [1.29, 1.82) is 0 Å². The number of nitrogens with zero attached hydrogens (tertiary/aromatic N) is 2. The van der Waals surface area contributed by atoms with Crippen LogP contribution in [-0.4, -0.2) is 30.0 Å². The fourth-order valence-corrected chi connectivity index (χ4v) is 3.88. The van der Waals surface area contributed by atoms with Crippen molar-refractivity contribution < 1.29 is 14.3 Å². The van der Waals surface area contributed by atoms with Gasteiger partial charge in [0, 0.05) is 6.54 Å². The van der Waals surface area contributed by atoms with Gasteiger partial charge in [-0.2, -0.15) is 0 Å². The van der Waals surface area contributed by atoms with Crippen molar-refractivity contribution in [1.82, 2.24) is 4.98 Å². The van der Waals surface area contributed by atoms with Crippen LogP contribution in [0, 0.1) is 6.92 Å². The summed E-state index contributed by atoms with van der Waals surface area (Å²) in [5, 5.41) is 2.44. The first-order valence-electron chi connectivity index (χ1n) is 8.08. The highest BCUT2D eigenvalue weighted by atomic mass is 32.1. The molecule has 2 heterocycles. The Balaban J connectivity index is 2.28. The molecule has 0 atom stereocenters. The molecule has 0 unspecified atom stereocenters. The number of carbonyl (C=O) groups excluding carboxylic acids is 2. The van der Waals surface area contributed by atoms with E-state index in [2.05, 4.69) is 11.9 Å². The Kier molecular flexibility index (Phi) is 6.93. The van der Waals surface area contributed by atoms with E-state index in [1.807, 2.05) is 17.5 Å². The molecule has 0 radical (unpaired) electrons. The second-order valence-electron chi connectivity index (χ2n) is 5.27. The van der Waals surface area contributed by atoms with Gasteiger partial charge in [-0.1, -0.05) is 37.2 Å². The first-order valence-corrected chi connectivity index (χ1v) is 9.78. The fourth-order valence-electron chi connectivity index (χ4n) is 2.22. The molecule has 5 nitrogen and oxygen atoms in total. The van der Waals surface area contributed by atoms with Crippen molar-refractivity contribution in [2.24, 2.45) is 0 Å². The quantitative estimate of drug-likeness (QED) is 0.509. The van der Waals surface area contributed by atoms with Crippen molar-refractivity contribution in [3.8, 4) is 0 Å². The number of thiophene rings is 1. The third kappa shape index (κ3) is 4.42. The molecule has 0 N–H and O–H groups in total. The van der Waals surface area contributed by atoms with E-state index in [0.717, 1.165) is 19.3 Å². The van der Waals surface area contributed by atoms with E-state index in [9.17, 15) is 9.59 Å². The van der Waals surface area contributed by atoms with Crippen molar-refractivity contribution in [2.45, 2.75) is 40.0 Å². The molecular weight excluding hydrogens is 344 g/mol. The van der Waals surface area contributed by atoms with Gasteiger partial charge in [0.15, 0.2) is 5.13 Å². The Morgan fingerprint density at radius 3 is 2.71 bits per heavy atom. The number of carbonyl (C=O) groups is 2. The minimum absolute atomic E-state index is 0.0646. The van der Waals surface area contributed by atoms with Crippen LogP contribution in [-0.2, 0) is 4.74 Å². The summed E-state index contributed by atoms with van der Waals surface area (Å²) < 4.78 is 5.06. The largest absolute Gasteiger partial charge is 0.462 e. The standard InChI is InChI=1S/C17H22N2O3S2/c1-4-6-7-10-19(15(20)13-9-8-11-23-13)17-18-12(3)14(24-17)16(21)22-5-2/h8-9,11H,4-7,10H2,1-3H3. The van der Waals surface area contributed by atoms with Crippen molar-refractivity contribution in [3.05, 3.63) is 33.0 Å². The zero-order valence-electron chi connectivity index (χ0n) is 14.2. The second kappa shape index (κ2) is 8.94. The summed E-state index contributed by atoms with van der Waals surface area (Å²) in [6.45, 7) is 6.58. The van der Waals surface area contributed by atoms with Crippen LogP contribution in [0.2, 0.25) is 0 Å². The number of aromatic nitrogens is 1. The molecular formula is C17H22N2O3S2. The second-order valence-corrected chi connectivity index (χ2v) is 7.20.